The van der Waals surface area contributed by atoms with Crippen molar-refractivity contribution in [3.05, 3.63) is 57.6 Å². The summed E-state index contributed by atoms with van der Waals surface area (Å²) in [7, 11) is 1.53. The SMILES string of the molecule is CNc1c([N+](=O)[O-])ccc(-c2ccccc2CO)c1C#N. The Morgan fingerprint density at radius 1 is 1.29 bits per heavy atom. The van der Waals surface area contributed by atoms with E-state index >= 15 is 0 Å². The summed E-state index contributed by atoms with van der Waals surface area (Å²) in [6.45, 7) is -0.174. The molecule has 0 saturated heterocycles. The zero-order chi connectivity index (χ0) is 15.4. The number of rotatable bonds is 4. The lowest BCUT2D eigenvalue weighted by Crippen LogP contribution is -2.02. The molecule has 21 heavy (non-hydrogen) atoms. The lowest BCUT2D eigenvalue weighted by atomic mass is 9.94. The monoisotopic (exact) mass is 283 g/mol. The summed E-state index contributed by atoms with van der Waals surface area (Å²) in [5, 5.41) is 32.5. The molecule has 0 atom stereocenters. The highest BCUT2D eigenvalue weighted by Gasteiger charge is 2.21. The molecule has 0 fully saturated rings. The van der Waals surface area contributed by atoms with Gasteiger partial charge in [0.25, 0.3) is 5.69 Å². The van der Waals surface area contributed by atoms with Crippen molar-refractivity contribution in [1.82, 2.24) is 0 Å². The topological polar surface area (TPSA) is 99.2 Å². The van der Waals surface area contributed by atoms with E-state index in [4.69, 9.17) is 0 Å². The molecular formula is C15H13N3O3. The van der Waals surface area contributed by atoms with Gasteiger partial charge in [0.1, 0.15) is 11.8 Å². The van der Waals surface area contributed by atoms with Crippen LogP contribution in [-0.2, 0) is 6.61 Å². The Bertz CT molecular complexity index is 735. The van der Waals surface area contributed by atoms with Gasteiger partial charge in [-0.2, -0.15) is 5.26 Å². The van der Waals surface area contributed by atoms with E-state index in [2.05, 4.69) is 5.32 Å². The Balaban J connectivity index is 2.77. The maximum atomic E-state index is 11.0. The molecule has 0 aliphatic rings. The molecule has 2 aromatic carbocycles. The lowest BCUT2D eigenvalue weighted by molar-refractivity contribution is -0.383. The van der Waals surface area contributed by atoms with E-state index in [1.54, 1.807) is 24.3 Å². The van der Waals surface area contributed by atoms with E-state index in [0.29, 0.717) is 16.7 Å². The standard InChI is InChI=1S/C15H13N3O3/c1-17-15-13(8-16)12(6-7-14(15)18(20)21)11-5-3-2-4-10(11)9-19/h2-7,17,19H,9H2,1H3. The second kappa shape index (κ2) is 6.03. The Hall–Kier alpha value is -2.91. The number of nitrogens with one attached hydrogen (secondary N) is 1. The number of nitriles is 1. The van der Waals surface area contributed by atoms with Crippen molar-refractivity contribution in [2.75, 3.05) is 12.4 Å². The largest absolute Gasteiger partial charge is 0.392 e. The third-order valence-corrected chi connectivity index (χ3v) is 3.22. The second-order valence-corrected chi connectivity index (χ2v) is 4.32. The number of nitro groups is 1. The first kappa shape index (κ1) is 14.5. The lowest BCUT2D eigenvalue weighted by Gasteiger charge is -2.12. The van der Waals surface area contributed by atoms with Gasteiger partial charge in [0.15, 0.2) is 0 Å². The van der Waals surface area contributed by atoms with Crippen molar-refractivity contribution in [1.29, 1.82) is 5.26 Å². The Labute approximate surface area is 121 Å². The molecule has 2 rings (SSSR count). The smallest absolute Gasteiger partial charge is 0.293 e. The molecule has 0 bridgehead atoms. The van der Waals surface area contributed by atoms with Crippen LogP contribution in [0.5, 0.6) is 0 Å². The number of benzene rings is 2. The molecule has 2 N–H and O–H groups in total. The van der Waals surface area contributed by atoms with Crippen LogP contribution in [0.25, 0.3) is 11.1 Å². The fourth-order valence-corrected chi connectivity index (χ4v) is 2.26. The van der Waals surface area contributed by atoms with E-state index in [0.717, 1.165) is 0 Å². The van der Waals surface area contributed by atoms with Crippen molar-refractivity contribution in [3.63, 3.8) is 0 Å². The highest BCUT2D eigenvalue weighted by molar-refractivity contribution is 5.84. The molecule has 6 heteroatoms. The zero-order valence-electron chi connectivity index (χ0n) is 11.3. The van der Waals surface area contributed by atoms with Crippen LogP contribution in [0.4, 0.5) is 11.4 Å². The number of hydrogen-bond donors (Lipinski definition) is 2. The first-order valence-corrected chi connectivity index (χ1v) is 6.22. The molecule has 0 amide bonds. The molecular weight excluding hydrogens is 270 g/mol. The van der Waals surface area contributed by atoms with Crippen LogP contribution in [0.2, 0.25) is 0 Å². The maximum Gasteiger partial charge on any atom is 0.293 e. The molecule has 0 unspecified atom stereocenters. The predicted octanol–water partition coefficient (Wildman–Crippen LogP) is 2.67. The van der Waals surface area contributed by atoms with Crippen molar-refractivity contribution in [2.45, 2.75) is 6.61 Å². The molecule has 0 radical (unpaired) electrons. The summed E-state index contributed by atoms with van der Waals surface area (Å²) < 4.78 is 0. The van der Waals surface area contributed by atoms with Crippen LogP contribution in [0.3, 0.4) is 0 Å². The Kier molecular flexibility index (Phi) is 4.16. The summed E-state index contributed by atoms with van der Waals surface area (Å²) in [4.78, 5) is 10.5. The minimum Gasteiger partial charge on any atom is -0.392 e. The average Bonchev–Trinajstić information content (AvgIpc) is 2.52. The highest BCUT2D eigenvalue weighted by atomic mass is 16.6. The van der Waals surface area contributed by atoms with E-state index in [9.17, 15) is 20.5 Å². The van der Waals surface area contributed by atoms with E-state index in [1.807, 2.05) is 6.07 Å². The number of nitro benzene ring substituents is 1. The normalized spacial score (nSPS) is 9.95. The van der Waals surface area contributed by atoms with Crippen LogP contribution < -0.4 is 5.32 Å². The fraction of sp³-hybridized carbons (Fsp3) is 0.133. The summed E-state index contributed by atoms with van der Waals surface area (Å²) in [5.41, 5.74) is 2.10. The molecule has 0 heterocycles. The zero-order valence-corrected chi connectivity index (χ0v) is 11.3. The molecule has 0 aromatic heterocycles. The van der Waals surface area contributed by atoms with Gasteiger partial charge in [-0.05, 0) is 17.2 Å². The Morgan fingerprint density at radius 3 is 2.57 bits per heavy atom. The molecule has 0 spiro atoms. The predicted molar refractivity (Wildman–Crippen MR) is 78.7 cm³/mol. The fourth-order valence-electron chi connectivity index (χ4n) is 2.26. The molecule has 0 aliphatic heterocycles. The number of anilines is 1. The van der Waals surface area contributed by atoms with Gasteiger partial charge < -0.3 is 10.4 Å². The van der Waals surface area contributed by atoms with Crippen LogP contribution in [0.15, 0.2) is 36.4 Å². The van der Waals surface area contributed by atoms with Gasteiger partial charge in [0, 0.05) is 18.7 Å². The summed E-state index contributed by atoms with van der Waals surface area (Å²) in [5.74, 6) is 0. The van der Waals surface area contributed by atoms with Crippen LogP contribution in [0, 0.1) is 21.4 Å². The number of nitrogens with zero attached hydrogens (tertiary/aromatic N) is 2. The second-order valence-electron chi connectivity index (χ2n) is 4.32. The molecule has 0 saturated carbocycles. The van der Waals surface area contributed by atoms with Gasteiger partial charge >= 0.3 is 0 Å². The van der Waals surface area contributed by atoms with Gasteiger partial charge in [-0.1, -0.05) is 24.3 Å². The van der Waals surface area contributed by atoms with Crippen LogP contribution in [0.1, 0.15) is 11.1 Å². The van der Waals surface area contributed by atoms with Crippen molar-refractivity contribution < 1.29 is 10.0 Å². The quantitative estimate of drug-likeness (QED) is 0.663. The van der Waals surface area contributed by atoms with E-state index in [1.165, 1.54) is 19.2 Å². The van der Waals surface area contributed by atoms with Crippen LogP contribution >= 0.6 is 0 Å². The molecule has 6 nitrogen and oxygen atoms in total. The molecule has 0 aliphatic carbocycles. The van der Waals surface area contributed by atoms with Crippen molar-refractivity contribution in [2.24, 2.45) is 0 Å². The maximum absolute atomic E-state index is 11.0. The third kappa shape index (κ3) is 2.55. The average molecular weight is 283 g/mol. The Morgan fingerprint density at radius 2 is 2.00 bits per heavy atom. The van der Waals surface area contributed by atoms with E-state index in [-0.39, 0.29) is 23.5 Å². The van der Waals surface area contributed by atoms with Gasteiger partial charge in [0.05, 0.1) is 17.1 Å². The highest BCUT2D eigenvalue weighted by Crippen LogP contribution is 2.36. The first-order valence-electron chi connectivity index (χ1n) is 6.22. The first-order chi connectivity index (χ1) is 10.1. The molecule has 106 valence electrons. The van der Waals surface area contributed by atoms with Gasteiger partial charge in [0.2, 0.25) is 0 Å². The van der Waals surface area contributed by atoms with Crippen molar-refractivity contribution in [3.8, 4) is 17.2 Å². The summed E-state index contributed by atoms with van der Waals surface area (Å²) in [6, 6.07) is 12.0. The summed E-state index contributed by atoms with van der Waals surface area (Å²) >= 11 is 0. The number of aliphatic hydroxyl groups is 1. The number of aliphatic hydroxyl groups excluding tert-OH is 1. The van der Waals surface area contributed by atoms with Crippen molar-refractivity contribution >= 4 is 11.4 Å². The minimum atomic E-state index is -0.533. The summed E-state index contributed by atoms with van der Waals surface area (Å²) in [6.07, 6.45) is 0. The number of hydrogen-bond acceptors (Lipinski definition) is 5. The minimum absolute atomic E-state index is 0.153. The van der Waals surface area contributed by atoms with E-state index < -0.39 is 4.92 Å². The third-order valence-electron chi connectivity index (χ3n) is 3.22. The molecule has 2 aromatic rings. The van der Waals surface area contributed by atoms with Gasteiger partial charge in [-0.15, -0.1) is 0 Å². The van der Waals surface area contributed by atoms with Crippen LogP contribution in [-0.4, -0.2) is 17.1 Å². The van der Waals surface area contributed by atoms with Gasteiger partial charge in [-0.3, -0.25) is 10.1 Å². The van der Waals surface area contributed by atoms with Gasteiger partial charge in [-0.25, -0.2) is 0 Å².